The maximum absolute atomic E-state index is 13.1. The first kappa shape index (κ1) is 19.7. The highest BCUT2D eigenvalue weighted by Crippen LogP contribution is 2.41. The van der Waals surface area contributed by atoms with Crippen molar-refractivity contribution in [2.24, 2.45) is 0 Å². The highest BCUT2D eigenvalue weighted by Gasteiger charge is 2.45. The number of nitrogens with zero attached hydrogens (tertiary/aromatic N) is 3. The molecule has 10 heteroatoms. The Hall–Kier alpha value is -3.01. The van der Waals surface area contributed by atoms with E-state index in [2.05, 4.69) is 0 Å². The molecule has 1 aromatic carbocycles. The van der Waals surface area contributed by atoms with Gasteiger partial charge in [0.2, 0.25) is 0 Å². The SMILES string of the molecule is CCOC(=O)CN1C(=O)N(CC(=O)OCC)C2=CSc3ccccc3N2C1=O. The molecule has 0 saturated carbocycles. The second-order valence-corrected chi connectivity index (χ2v) is 6.66. The molecule has 9 nitrogen and oxygen atoms in total. The molecular formula is C18H19N3O6S. The van der Waals surface area contributed by atoms with Gasteiger partial charge < -0.3 is 9.47 Å². The van der Waals surface area contributed by atoms with Crippen LogP contribution >= 0.6 is 11.8 Å². The molecule has 0 unspecified atom stereocenters. The van der Waals surface area contributed by atoms with Crippen LogP contribution in [0.15, 0.2) is 40.4 Å². The number of rotatable bonds is 6. The molecular weight excluding hydrogens is 386 g/mol. The molecule has 1 saturated heterocycles. The fourth-order valence-electron chi connectivity index (χ4n) is 2.82. The number of esters is 2. The van der Waals surface area contributed by atoms with Crippen LogP contribution in [0.3, 0.4) is 0 Å². The molecule has 0 atom stereocenters. The minimum atomic E-state index is -0.784. The fraction of sp³-hybridized carbons (Fsp3) is 0.333. The maximum atomic E-state index is 13.1. The van der Waals surface area contributed by atoms with Crippen molar-refractivity contribution in [2.75, 3.05) is 31.2 Å². The van der Waals surface area contributed by atoms with Crippen LogP contribution in [0.25, 0.3) is 0 Å². The Labute approximate surface area is 165 Å². The van der Waals surface area contributed by atoms with Gasteiger partial charge in [-0.15, -0.1) is 0 Å². The second kappa shape index (κ2) is 8.34. The molecule has 2 aliphatic heterocycles. The molecule has 28 heavy (non-hydrogen) atoms. The zero-order valence-electron chi connectivity index (χ0n) is 15.4. The minimum Gasteiger partial charge on any atom is -0.465 e. The van der Waals surface area contributed by atoms with Gasteiger partial charge in [0.05, 0.1) is 18.9 Å². The third-order valence-corrected chi connectivity index (χ3v) is 4.90. The number of ether oxygens (including phenoxy) is 2. The summed E-state index contributed by atoms with van der Waals surface area (Å²) in [6.45, 7) is 2.63. The average molecular weight is 405 g/mol. The van der Waals surface area contributed by atoms with E-state index in [1.54, 1.807) is 31.4 Å². The van der Waals surface area contributed by atoms with Gasteiger partial charge in [0.1, 0.15) is 18.9 Å². The van der Waals surface area contributed by atoms with E-state index < -0.39 is 30.5 Å². The van der Waals surface area contributed by atoms with Gasteiger partial charge in [0.15, 0.2) is 0 Å². The van der Waals surface area contributed by atoms with Crippen molar-refractivity contribution in [1.82, 2.24) is 9.80 Å². The third-order valence-electron chi connectivity index (χ3n) is 3.97. The topological polar surface area (TPSA) is 96.5 Å². The number of imide groups is 1. The van der Waals surface area contributed by atoms with Gasteiger partial charge in [-0.1, -0.05) is 23.9 Å². The highest BCUT2D eigenvalue weighted by atomic mass is 32.2. The molecule has 2 heterocycles. The van der Waals surface area contributed by atoms with E-state index in [9.17, 15) is 19.2 Å². The molecule has 4 amide bonds. The van der Waals surface area contributed by atoms with E-state index in [4.69, 9.17) is 9.47 Å². The Balaban J connectivity index is 1.99. The lowest BCUT2D eigenvalue weighted by molar-refractivity contribution is -0.143. The minimum absolute atomic E-state index is 0.121. The molecule has 0 aromatic heterocycles. The zero-order chi connectivity index (χ0) is 20.3. The van der Waals surface area contributed by atoms with Crippen LogP contribution in [-0.4, -0.2) is 60.1 Å². The number of fused-ring (bicyclic) bond motifs is 3. The van der Waals surface area contributed by atoms with Crippen LogP contribution in [0.1, 0.15) is 13.8 Å². The number of amides is 4. The van der Waals surface area contributed by atoms with E-state index >= 15 is 0 Å². The van der Waals surface area contributed by atoms with Crippen molar-refractivity contribution < 1.29 is 28.7 Å². The summed E-state index contributed by atoms with van der Waals surface area (Å²) < 4.78 is 9.81. The lowest BCUT2D eigenvalue weighted by Crippen LogP contribution is -2.62. The summed E-state index contributed by atoms with van der Waals surface area (Å²) in [5, 5.41) is 1.62. The van der Waals surface area contributed by atoms with Gasteiger partial charge in [0.25, 0.3) is 0 Å². The summed E-state index contributed by atoms with van der Waals surface area (Å²) in [6, 6.07) is 5.69. The van der Waals surface area contributed by atoms with E-state index in [1.807, 2.05) is 12.1 Å². The van der Waals surface area contributed by atoms with Gasteiger partial charge in [-0.3, -0.25) is 14.5 Å². The van der Waals surface area contributed by atoms with Crippen molar-refractivity contribution in [3.8, 4) is 0 Å². The predicted octanol–water partition coefficient (Wildman–Crippen LogP) is 2.38. The number of para-hydroxylation sites is 1. The lowest BCUT2D eigenvalue weighted by atomic mass is 10.2. The van der Waals surface area contributed by atoms with Crippen LogP contribution in [0, 0.1) is 0 Å². The molecule has 0 spiro atoms. The Morgan fingerprint density at radius 1 is 0.929 bits per heavy atom. The number of thioether (sulfide) groups is 1. The van der Waals surface area contributed by atoms with Crippen molar-refractivity contribution >= 4 is 41.5 Å². The number of benzene rings is 1. The summed E-state index contributed by atoms with van der Waals surface area (Å²) >= 11 is 1.33. The number of urea groups is 2. The average Bonchev–Trinajstić information content (AvgIpc) is 2.68. The maximum Gasteiger partial charge on any atom is 0.339 e. The van der Waals surface area contributed by atoms with Gasteiger partial charge in [-0.05, 0) is 26.0 Å². The summed E-state index contributed by atoms with van der Waals surface area (Å²) in [5.41, 5.74) is 0.560. The van der Waals surface area contributed by atoms with Crippen LogP contribution < -0.4 is 4.90 Å². The molecule has 0 aliphatic carbocycles. The smallest absolute Gasteiger partial charge is 0.339 e. The first-order valence-electron chi connectivity index (χ1n) is 8.68. The zero-order valence-corrected chi connectivity index (χ0v) is 16.2. The van der Waals surface area contributed by atoms with Crippen molar-refractivity contribution in [2.45, 2.75) is 18.7 Å². The molecule has 148 valence electrons. The monoisotopic (exact) mass is 405 g/mol. The lowest BCUT2D eigenvalue weighted by Gasteiger charge is -2.43. The Bertz CT molecular complexity index is 855. The normalized spacial score (nSPS) is 15.6. The highest BCUT2D eigenvalue weighted by molar-refractivity contribution is 8.02. The summed E-state index contributed by atoms with van der Waals surface area (Å²) in [7, 11) is 0. The Morgan fingerprint density at radius 3 is 2.18 bits per heavy atom. The molecule has 0 N–H and O–H groups in total. The molecule has 1 aromatic rings. The molecule has 2 aliphatic rings. The van der Waals surface area contributed by atoms with E-state index in [0.717, 1.165) is 14.7 Å². The first-order valence-corrected chi connectivity index (χ1v) is 9.56. The van der Waals surface area contributed by atoms with Gasteiger partial charge in [0, 0.05) is 10.3 Å². The van der Waals surface area contributed by atoms with Crippen LogP contribution in [0.5, 0.6) is 0 Å². The molecule has 3 rings (SSSR count). The van der Waals surface area contributed by atoms with Gasteiger partial charge >= 0.3 is 24.0 Å². The summed E-state index contributed by atoms with van der Waals surface area (Å²) in [6.07, 6.45) is 0. The van der Waals surface area contributed by atoms with Crippen molar-refractivity contribution in [1.29, 1.82) is 0 Å². The third kappa shape index (κ3) is 3.68. The van der Waals surface area contributed by atoms with Crippen LogP contribution in [-0.2, 0) is 19.1 Å². The van der Waals surface area contributed by atoms with E-state index in [0.29, 0.717) is 5.69 Å². The first-order chi connectivity index (χ1) is 13.5. The van der Waals surface area contributed by atoms with Crippen LogP contribution in [0.4, 0.5) is 15.3 Å². The Morgan fingerprint density at radius 2 is 1.54 bits per heavy atom. The summed E-state index contributed by atoms with van der Waals surface area (Å²) in [5.74, 6) is -1.09. The summed E-state index contributed by atoms with van der Waals surface area (Å²) in [4.78, 5) is 53.9. The van der Waals surface area contributed by atoms with E-state index in [-0.39, 0.29) is 25.6 Å². The Kier molecular flexibility index (Phi) is 5.88. The predicted molar refractivity (Wildman–Crippen MR) is 100 cm³/mol. The van der Waals surface area contributed by atoms with Crippen LogP contribution in [0.2, 0.25) is 0 Å². The fourth-order valence-corrected chi connectivity index (χ4v) is 3.72. The molecule has 0 bridgehead atoms. The molecule has 0 radical (unpaired) electrons. The molecule has 1 fully saturated rings. The van der Waals surface area contributed by atoms with Crippen molar-refractivity contribution in [3.05, 3.63) is 35.5 Å². The van der Waals surface area contributed by atoms with Crippen molar-refractivity contribution in [3.63, 3.8) is 0 Å². The second-order valence-electron chi connectivity index (χ2n) is 5.74. The number of anilines is 1. The standard InChI is InChI=1S/C18H19N3O6S/c1-3-26-15(22)9-19-14-11-28-13-8-6-5-7-12(13)21(14)18(25)20(17(19)24)10-16(23)27-4-2/h5-8,11H,3-4,9-10H2,1-2H3. The number of hydrogen-bond acceptors (Lipinski definition) is 7. The number of carbonyl (C=O) groups excluding carboxylic acids is 4. The van der Waals surface area contributed by atoms with E-state index in [1.165, 1.54) is 16.7 Å². The number of carbonyl (C=O) groups is 4. The number of hydrogen-bond donors (Lipinski definition) is 0. The van der Waals surface area contributed by atoms with Gasteiger partial charge in [-0.25, -0.2) is 19.4 Å². The quantitative estimate of drug-likeness (QED) is 0.671. The van der Waals surface area contributed by atoms with Gasteiger partial charge in [-0.2, -0.15) is 0 Å². The largest absolute Gasteiger partial charge is 0.465 e.